The molecule has 0 aliphatic carbocycles. The second-order valence-corrected chi connectivity index (χ2v) is 12.0. The van der Waals surface area contributed by atoms with E-state index in [1.54, 1.807) is 0 Å². The Labute approximate surface area is 239 Å². The maximum Gasteiger partial charge on any atom is 0.305 e. The fourth-order valence-corrected chi connectivity index (χ4v) is 5.46. The molecule has 0 heterocycles. The molecule has 0 unspecified atom stereocenters. The van der Waals surface area contributed by atoms with E-state index in [2.05, 4.69) is 19.6 Å². The van der Waals surface area contributed by atoms with Crippen LogP contribution in [0.5, 0.6) is 0 Å². The van der Waals surface area contributed by atoms with E-state index in [0.717, 1.165) is 18.6 Å². The molecule has 0 spiro atoms. The summed E-state index contributed by atoms with van der Waals surface area (Å²) in [4.78, 5) is 11.9. The Morgan fingerprint density at radius 2 is 0.730 bits per heavy atom. The summed E-state index contributed by atoms with van der Waals surface area (Å²) in [6.45, 7) is 2.92. The lowest BCUT2D eigenvalue weighted by molar-refractivity contribution is -0.143. The van der Waals surface area contributed by atoms with Gasteiger partial charge in [0.15, 0.2) is 0 Å². The quantitative estimate of drug-likeness (QED) is 0.0521. The van der Waals surface area contributed by atoms with E-state index in [0.29, 0.717) is 13.0 Å². The third kappa shape index (κ3) is 33.8. The summed E-state index contributed by atoms with van der Waals surface area (Å²) in [6, 6.07) is 0. The predicted octanol–water partition coefficient (Wildman–Crippen LogP) is 12.2. The van der Waals surface area contributed by atoms with Gasteiger partial charge in [-0.05, 0) is 25.0 Å². The van der Waals surface area contributed by atoms with E-state index >= 15 is 0 Å². The molecule has 0 atom stereocenters. The zero-order chi connectivity index (χ0) is 26.9. The number of carbonyl (C=O) groups is 1. The van der Waals surface area contributed by atoms with Crippen molar-refractivity contribution >= 4 is 18.6 Å². The lowest BCUT2D eigenvalue weighted by atomic mass is 10.0. The first-order valence-electron chi connectivity index (χ1n) is 17.1. The molecule has 0 aromatic heterocycles. The Kier molecular flexibility index (Phi) is 33.7. The van der Waals surface area contributed by atoms with Crippen molar-refractivity contribution in [3.8, 4) is 0 Å². The highest BCUT2D eigenvalue weighted by molar-refractivity contribution is 7.80. The van der Waals surface area contributed by atoms with Crippen molar-refractivity contribution in [1.29, 1.82) is 0 Å². The van der Waals surface area contributed by atoms with Crippen LogP contribution in [-0.2, 0) is 9.53 Å². The van der Waals surface area contributed by atoms with Gasteiger partial charge in [0.25, 0.3) is 0 Å². The summed E-state index contributed by atoms with van der Waals surface area (Å²) in [5.41, 5.74) is 0. The zero-order valence-electron chi connectivity index (χ0n) is 25.4. The van der Waals surface area contributed by atoms with Crippen LogP contribution in [0.25, 0.3) is 0 Å². The van der Waals surface area contributed by atoms with E-state index in [9.17, 15) is 4.79 Å². The van der Waals surface area contributed by atoms with Gasteiger partial charge in [0.05, 0.1) is 6.61 Å². The second-order valence-electron chi connectivity index (χ2n) is 11.6. The predicted molar refractivity (Wildman–Crippen MR) is 169 cm³/mol. The third-order valence-corrected chi connectivity index (χ3v) is 8.12. The highest BCUT2D eigenvalue weighted by Gasteiger charge is 2.03. The van der Waals surface area contributed by atoms with Crippen molar-refractivity contribution in [2.75, 3.05) is 12.4 Å². The van der Waals surface area contributed by atoms with Crippen LogP contribution in [0.15, 0.2) is 0 Å². The van der Waals surface area contributed by atoms with Gasteiger partial charge in [-0.25, -0.2) is 0 Å². The molecule has 0 radical (unpaired) electrons. The van der Waals surface area contributed by atoms with E-state index < -0.39 is 0 Å². The molecule has 0 saturated heterocycles. The lowest BCUT2D eigenvalue weighted by Crippen LogP contribution is -2.05. The average molecular weight is 541 g/mol. The summed E-state index contributed by atoms with van der Waals surface area (Å²) < 4.78 is 5.43. The molecule has 0 aliphatic heterocycles. The van der Waals surface area contributed by atoms with Crippen molar-refractivity contribution in [2.24, 2.45) is 0 Å². The molecule has 37 heavy (non-hydrogen) atoms. The van der Waals surface area contributed by atoms with E-state index in [4.69, 9.17) is 4.74 Å². The number of esters is 1. The summed E-state index contributed by atoms with van der Waals surface area (Å²) in [6.07, 6.45) is 39.8. The molecular weight excluding hydrogens is 472 g/mol. The fourth-order valence-electron chi connectivity index (χ4n) is 5.23. The number of carbonyl (C=O) groups excluding carboxylic acids is 1. The Morgan fingerprint density at radius 3 is 1.08 bits per heavy atom. The van der Waals surface area contributed by atoms with Crippen LogP contribution in [0.1, 0.15) is 200 Å². The zero-order valence-corrected chi connectivity index (χ0v) is 26.3. The lowest BCUT2D eigenvalue weighted by Gasteiger charge is -2.06. The van der Waals surface area contributed by atoms with Crippen molar-refractivity contribution in [3.05, 3.63) is 0 Å². The fraction of sp³-hybridized carbons (Fsp3) is 0.971. The molecular formula is C34H68O2S. The minimum atomic E-state index is 0.0235. The normalized spacial score (nSPS) is 11.3. The molecule has 0 N–H and O–H groups in total. The van der Waals surface area contributed by atoms with Crippen molar-refractivity contribution < 1.29 is 9.53 Å². The largest absolute Gasteiger partial charge is 0.466 e. The van der Waals surface area contributed by atoms with Crippen LogP contribution in [0.2, 0.25) is 0 Å². The second kappa shape index (κ2) is 33.8. The van der Waals surface area contributed by atoms with Crippen LogP contribution >= 0.6 is 12.6 Å². The summed E-state index contributed by atoms with van der Waals surface area (Å²) in [5.74, 6) is 1.07. The van der Waals surface area contributed by atoms with Crippen LogP contribution in [-0.4, -0.2) is 18.3 Å². The van der Waals surface area contributed by atoms with Crippen molar-refractivity contribution in [1.82, 2.24) is 0 Å². The maximum absolute atomic E-state index is 11.9. The Morgan fingerprint density at radius 1 is 0.432 bits per heavy atom. The van der Waals surface area contributed by atoms with Gasteiger partial charge >= 0.3 is 5.97 Å². The topological polar surface area (TPSA) is 26.3 Å². The van der Waals surface area contributed by atoms with Crippen LogP contribution < -0.4 is 0 Å². The highest BCUT2D eigenvalue weighted by atomic mass is 32.1. The van der Waals surface area contributed by atoms with Gasteiger partial charge in [-0.1, -0.05) is 174 Å². The van der Waals surface area contributed by atoms with Gasteiger partial charge in [-0.2, -0.15) is 12.6 Å². The van der Waals surface area contributed by atoms with Gasteiger partial charge in [-0.3, -0.25) is 4.79 Å². The number of thiol groups is 1. The molecule has 0 amide bonds. The molecule has 0 aromatic carbocycles. The molecule has 0 aromatic rings. The van der Waals surface area contributed by atoms with E-state index in [1.165, 1.54) is 173 Å². The Bertz CT molecular complexity index is 426. The van der Waals surface area contributed by atoms with Crippen LogP contribution in [0.3, 0.4) is 0 Å². The molecule has 0 aliphatic rings. The third-order valence-electron chi connectivity index (χ3n) is 7.80. The SMILES string of the molecule is CCCCCCCCCCCCCCCCCCOC(=O)CCCCCCCCCCCCCCCS. The summed E-state index contributed by atoms with van der Waals surface area (Å²) >= 11 is 4.27. The van der Waals surface area contributed by atoms with E-state index in [-0.39, 0.29) is 5.97 Å². The van der Waals surface area contributed by atoms with Gasteiger partial charge in [-0.15, -0.1) is 0 Å². The number of hydrogen-bond donors (Lipinski definition) is 1. The summed E-state index contributed by atoms with van der Waals surface area (Å²) in [5, 5.41) is 0. The number of unbranched alkanes of at least 4 members (excludes halogenated alkanes) is 27. The monoisotopic (exact) mass is 540 g/mol. The van der Waals surface area contributed by atoms with Crippen molar-refractivity contribution in [3.63, 3.8) is 0 Å². The minimum absolute atomic E-state index is 0.0235. The van der Waals surface area contributed by atoms with Gasteiger partial charge < -0.3 is 4.74 Å². The summed E-state index contributed by atoms with van der Waals surface area (Å²) in [7, 11) is 0. The first kappa shape index (κ1) is 36.8. The molecule has 0 fully saturated rings. The molecule has 2 nitrogen and oxygen atoms in total. The number of hydrogen-bond acceptors (Lipinski definition) is 3. The Hall–Kier alpha value is -0.180. The first-order chi connectivity index (χ1) is 18.3. The molecule has 3 heteroatoms. The highest BCUT2D eigenvalue weighted by Crippen LogP contribution is 2.15. The van der Waals surface area contributed by atoms with Crippen molar-refractivity contribution in [2.45, 2.75) is 200 Å². The Balaban J connectivity index is 3.14. The number of ether oxygens (including phenoxy) is 1. The average Bonchev–Trinajstić information content (AvgIpc) is 2.90. The first-order valence-corrected chi connectivity index (χ1v) is 17.7. The van der Waals surface area contributed by atoms with Crippen LogP contribution in [0, 0.1) is 0 Å². The maximum atomic E-state index is 11.9. The minimum Gasteiger partial charge on any atom is -0.466 e. The molecule has 222 valence electrons. The molecule has 0 bridgehead atoms. The smallest absolute Gasteiger partial charge is 0.305 e. The standard InChI is InChI=1S/C34H68O2S/c1-2-3-4-5-6-7-8-9-10-11-14-17-20-23-26-29-32-36-34(35)31-28-25-22-19-16-13-12-15-18-21-24-27-30-33-37/h37H,2-33H2,1H3. The van der Waals surface area contributed by atoms with E-state index in [1.807, 2.05) is 0 Å². The molecule has 0 rings (SSSR count). The van der Waals surface area contributed by atoms with Gasteiger partial charge in [0, 0.05) is 6.42 Å². The van der Waals surface area contributed by atoms with Gasteiger partial charge in [0.1, 0.15) is 0 Å². The molecule has 0 saturated carbocycles. The number of rotatable bonds is 32. The van der Waals surface area contributed by atoms with Crippen LogP contribution in [0.4, 0.5) is 0 Å². The van der Waals surface area contributed by atoms with Gasteiger partial charge in [0.2, 0.25) is 0 Å².